The summed E-state index contributed by atoms with van der Waals surface area (Å²) in [5.74, 6) is -2.25. The zero-order valence-electron chi connectivity index (χ0n) is 28.8. The summed E-state index contributed by atoms with van der Waals surface area (Å²) in [6, 6.07) is 0. The van der Waals surface area contributed by atoms with Gasteiger partial charge in [0.05, 0.1) is 6.10 Å². The number of aliphatic hydroxyl groups excluding tert-OH is 1. The lowest BCUT2D eigenvalue weighted by molar-refractivity contribution is -0.171. The molecule has 0 heterocycles. The van der Waals surface area contributed by atoms with E-state index in [-0.39, 0.29) is 58.6 Å². The van der Waals surface area contributed by atoms with Crippen molar-refractivity contribution >= 4 is 23.9 Å². The van der Waals surface area contributed by atoms with Crippen molar-refractivity contribution in [3.63, 3.8) is 0 Å². The van der Waals surface area contributed by atoms with E-state index in [2.05, 4.69) is 34.6 Å². The Morgan fingerprint density at radius 2 is 1.51 bits per heavy atom. The van der Waals surface area contributed by atoms with Crippen LogP contribution in [0.15, 0.2) is 22.8 Å². The summed E-state index contributed by atoms with van der Waals surface area (Å²) >= 11 is 0. The number of aliphatic carboxylic acids is 1. The van der Waals surface area contributed by atoms with Gasteiger partial charge in [0, 0.05) is 43.6 Å². The number of aliphatic hydroxyl groups is 1. The third-order valence-electron chi connectivity index (χ3n) is 12.9. The van der Waals surface area contributed by atoms with Crippen molar-refractivity contribution in [1.82, 2.24) is 0 Å². The third-order valence-corrected chi connectivity index (χ3v) is 12.9. The molecule has 45 heavy (non-hydrogen) atoms. The van der Waals surface area contributed by atoms with Gasteiger partial charge >= 0.3 is 23.9 Å². The summed E-state index contributed by atoms with van der Waals surface area (Å²) < 4.78 is 17.8. The number of carboxylic acid groups (broad SMARTS) is 1. The van der Waals surface area contributed by atoms with E-state index in [1.807, 2.05) is 6.92 Å². The number of fused-ring (bicyclic) bond motifs is 4. The summed E-state index contributed by atoms with van der Waals surface area (Å²) in [7, 11) is 0. The first kappa shape index (κ1) is 35.2. The van der Waals surface area contributed by atoms with Crippen LogP contribution in [0.2, 0.25) is 0 Å². The fraction of sp³-hybridized carbons (Fsp3) is 0.778. The quantitative estimate of drug-likeness (QED) is 0.140. The maximum absolute atomic E-state index is 12.6. The molecule has 10 atom stereocenters. The highest BCUT2D eigenvalue weighted by molar-refractivity contribution is 5.85. The van der Waals surface area contributed by atoms with Crippen molar-refractivity contribution in [1.29, 1.82) is 0 Å². The lowest BCUT2D eigenvalue weighted by Gasteiger charge is -2.63. The molecule has 0 aromatic carbocycles. The summed E-state index contributed by atoms with van der Waals surface area (Å²) in [4.78, 5) is 48.3. The van der Waals surface area contributed by atoms with Crippen LogP contribution in [0.1, 0.15) is 114 Å². The van der Waals surface area contributed by atoms with Gasteiger partial charge in [0.25, 0.3) is 0 Å². The molecular formula is C36H54O9. The second kappa shape index (κ2) is 12.2. The summed E-state index contributed by atoms with van der Waals surface area (Å²) in [5.41, 5.74) is 0.772. The number of ether oxygens (including phenoxy) is 3. The third kappa shape index (κ3) is 5.76. The maximum Gasteiger partial charge on any atom is 0.330 e. The topological polar surface area (TPSA) is 136 Å². The first-order valence-corrected chi connectivity index (χ1v) is 16.6. The molecule has 0 spiro atoms. The van der Waals surface area contributed by atoms with Gasteiger partial charge in [0.1, 0.15) is 18.3 Å². The van der Waals surface area contributed by atoms with Gasteiger partial charge in [-0.25, -0.2) is 4.79 Å². The second-order valence-corrected chi connectivity index (χ2v) is 15.6. The first-order chi connectivity index (χ1) is 20.7. The normalized spacial score (nSPS) is 38.6. The highest BCUT2D eigenvalue weighted by atomic mass is 16.6. The van der Waals surface area contributed by atoms with Gasteiger partial charge in [-0.1, -0.05) is 53.2 Å². The van der Waals surface area contributed by atoms with Gasteiger partial charge in [-0.05, 0) is 79.6 Å². The molecule has 0 amide bonds. The molecule has 9 heteroatoms. The smallest absolute Gasteiger partial charge is 0.330 e. The lowest BCUT2D eigenvalue weighted by Crippen LogP contribution is -2.60. The van der Waals surface area contributed by atoms with E-state index in [1.54, 1.807) is 6.08 Å². The van der Waals surface area contributed by atoms with Crippen LogP contribution in [0.4, 0.5) is 0 Å². The Kier molecular flexibility index (Phi) is 9.51. The molecular weight excluding hydrogens is 576 g/mol. The molecule has 0 aliphatic heterocycles. The zero-order chi connectivity index (χ0) is 33.9. The van der Waals surface area contributed by atoms with Crippen molar-refractivity contribution in [3.8, 4) is 0 Å². The molecule has 4 rings (SSSR count). The van der Waals surface area contributed by atoms with Gasteiger partial charge in [0.2, 0.25) is 0 Å². The van der Waals surface area contributed by atoms with Crippen LogP contribution in [0.3, 0.4) is 0 Å². The lowest BCUT2D eigenvalue weighted by atomic mass is 9.42. The Bertz CT molecular complexity index is 1290. The van der Waals surface area contributed by atoms with Crippen LogP contribution in [-0.4, -0.2) is 58.5 Å². The van der Waals surface area contributed by atoms with Crippen molar-refractivity contribution in [2.24, 2.45) is 39.4 Å². The fourth-order valence-corrected chi connectivity index (χ4v) is 10.5. The summed E-state index contributed by atoms with van der Waals surface area (Å²) in [5, 5.41) is 21.6. The molecule has 2 fully saturated rings. The van der Waals surface area contributed by atoms with Gasteiger partial charge < -0.3 is 24.4 Å². The van der Waals surface area contributed by atoms with E-state index < -0.39 is 41.1 Å². The largest absolute Gasteiger partial charge is 0.478 e. The maximum atomic E-state index is 12.6. The number of hydrogen-bond donors (Lipinski definition) is 2. The second-order valence-electron chi connectivity index (χ2n) is 15.6. The number of carbonyl (C=O) groups excluding carboxylic acids is 3. The Labute approximate surface area is 268 Å². The minimum atomic E-state index is -1.02. The van der Waals surface area contributed by atoms with Crippen molar-refractivity contribution in [2.45, 2.75) is 139 Å². The van der Waals surface area contributed by atoms with Gasteiger partial charge in [-0.2, -0.15) is 0 Å². The molecule has 2 saturated carbocycles. The molecule has 0 saturated heterocycles. The molecule has 0 bridgehead atoms. The molecule has 4 aliphatic rings. The summed E-state index contributed by atoms with van der Waals surface area (Å²) in [6.45, 7) is 18.8. The monoisotopic (exact) mass is 630 g/mol. The Morgan fingerprint density at radius 1 is 0.911 bits per heavy atom. The predicted molar refractivity (Wildman–Crippen MR) is 168 cm³/mol. The fourth-order valence-electron chi connectivity index (χ4n) is 10.5. The van der Waals surface area contributed by atoms with Gasteiger partial charge in [-0.15, -0.1) is 0 Å². The standard InChI is InChI=1S/C36H54O9/c1-19(32(41)42)11-12-27(43-21(3)37)20(2)25-17-30(45-23(5)39)36(10)31-24(13-16-35(25,36)9)34(8)15-14-29(44-22(4)38)33(6,7)28(34)18-26(31)40/h11,20,25-30,40H,12-18H2,1-10H3,(H,41,42)/b19-11+. The van der Waals surface area contributed by atoms with Crippen molar-refractivity contribution in [2.75, 3.05) is 0 Å². The Hall–Kier alpha value is -2.68. The zero-order valence-corrected chi connectivity index (χ0v) is 28.8. The van der Waals surface area contributed by atoms with E-state index >= 15 is 0 Å². The highest BCUT2D eigenvalue weighted by Gasteiger charge is 2.69. The molecule has 252 valence electrons. The van der Waals surface area contributed by atoms with E-state index in [1.165, 1.54) is 33.3 Å². The van der Waals surface area contributed by atoms with Crippen LogP contribution in [0, 0.1) is 39.4 Å². The van der Waals surface area contributed by atoms with Crippen molar-refractivity contribution < 1.29 is 43.6 Å². The van der Waals surface area contributed by atoms with Crippen molar-refractivity contribution in [3.05, 3.63) is 22.8 Å². The molecule has 4 aliphatic carbocycles. The minimum Gasteiger partial charge on any atom is -0.478 e. The first-order valence-electron chi connectivity index (χ1n) is 16.6. The number of carbonyl (C=O) groups is 4. The molecule has 0 aromatic rings. The van der Waals surface area contributed by atoms with E-state index in [0.29, 0.717) is 12.8 Å². The van der Waals surface area contributed by atoms with E-state index in [0.717, 1.165) is 31.3 Å². The Balaban J connectivity index is 1.81. The van der Waals surface area contributed by atoms with Crippen LogP contribution in [0.5, 0.6) is 0 Å². The number of allylic oxidation sites excluding steroid dienone is 1. The SMILES string of the molecule is CC(=O)OC(C/C=C(\C)C(=O)O)C(C)C1CC(OC(C)=O)C2(C)C3=C(CCC12C)C1(C)CCC(OC(C)=O)C(C)(C)C1CC3O. The number of carboxylic acids is 1. The molecule has 10 unspecified atom stereocenters. The van der Waals surface area contributed by atoms with Crippen LogP contribution < -0.4 is 0 Å². The predicted octanol–water partition coefficient (Wildman–Crippen LogP) is 6.17. The molecule has 9 nitrogen and oxygen atoms in total. The number of rotatable bonds is 8. The van der Waals surface area contributed by atoms with Gasteiger partial charge in [-0.3, -0.25) is 14.4 Å². The Morgan fingerprint density at radius 3 is 2.07 bits per heavy atom. The summed E-state index contributed by atoms with van der Waals surface area (Å²) in [6.07, 6.45) is 4.04. The van der Waals surface area contributed by atoms with Crippen LogP contribution >= 0.6 is 0 Å². The van der Waals surface area contributed by atoms with Crippen LogP contribution in [0.25, 0.3) is 0 Å². The minimum absolute atomic E-state index is 0.0438. The highest BCUT2D eigenvalue weighted by Crippen LogP contribution is 2.73. The molecule has 0 aromatic heterocycles. The molecule has 2 N–H and O–H groups in total. The van der Waals surface area contributed by atoms with E-state index in [9.17, 15) is 29.4 Å². The number of hydrogen-bond acceptors (Lipinski definition) is 8. The van der Waals surface area contributed by atoms with Gasteiger partial charge in [0.15, 0.2) is 0 Å². The average Bonchev–Trinajstić information content (AvgIpc) is 3.15. The van der Waals surface area contributed by atoms with Crippen LogP contribution in [-0.2, 0) is 33.4 Å². The molecule has 0 radical (unpaired) electrons. The average molecular weight is 631 g/mol. The van der Waals surface area contributed by atoms with E-state index in [4.69, 9.17) is 14.2 Å². The number of esters is 3.